The van der Waals surface area contributed by atoms with Crippen molar-refractivity contribution in [3.63, 3.8) is 0 Å². The van der Waals surface area contributed by atoms with E-state index in [1.165, 1.54) is 16.7 Å². The second-order valence-electron chi connectivity index (χ2n) is 5.77. The average molecular weight is 318 g/mol. The zero-order valence-electron chi connectivity index (χ0n) is 13.9. The monoisotopic (exact) mass is 318 g/mol. The van der Waals surface area contributed by atoms with Crippen LogP contribution in [0.15, 0.2) is 66.9 Å². The lowest BCUT2D eigenvalue weighted by atomic mass is 10.1. The van der Waals surface area contributed by atoms with Crippen LogP contribution in [0.4, 0.5) is 11.8 Å². The van der Waals surface area contributed by atoms with Crippen LogP contribution >= 0.6 is 0 Å². The van der Waals surface area contributed by atoms with Gasteiger partial charge in [0.05, 0.1) is 0 Å². The summed E-state index contributed by atoms with van der Waals surface area (Å²) in [6.07, 6.45) is 2.74. The first-order chi connectivity index (χ1) is 11.8. The fraction of sp³-hybridized carbons (Fsp3) is 0.200. The topological polar surface area (TPSA) is 49.8 Å². The van der Waals surface area contributed by atoms with E-state index in [0.29, 0.717) is 12.5 Å². The Morgan fingerprint density at radius 3 is 2.42 bits per heavy atom. The molecule has 0 spiro atoms. The molecule has 0 aliphatic carbocycles. The summed E-state index contributed by atoms with van der Waals surface area (Å²) in [5, 5.41) is 6.61. The predicted molar refractivity (Wildman–Crippen MR) is 99.2 cm³/mol. The maximum absolute atomic E-state index is 4.50. The van der Waals surface area contributed by atoms with Gasteiger partial charge in [0.1, 0.15) is 5.82 Å². The molecule has 0 saturated carbocycles. The van der Waals surface area contributed by atoms with E-state index < -0.39 is 0 Å². The maximum Gasteiger partial charge on any atom is 0.224 e. The standard InChI is InChI=1S/C20H22N4/c1-16-7-9-18(10-8-16)15-23-20-22-14-12-19(24-20)21-13-11-17-5-3-2-4-6-17/h2-10,12,14H,11,13,15H2,1H3,(H2,21,22,23,24). The van der Waals surface area contributed by atoms with Gasteiger partial charge in [-0.3, -0.25) is 0 Å². The highest BCUT2D eigenvalue weighted by atomic mass is 15.1. The third-order valence-electron chi connectivity index (χ3n) is 3.79. The van der Waals surface area contributed by atoms with E-state index in [1.807, 2.05) is 12.1 Å². The van der Waals surface area contributed by atoms with Crippen molar-refractivity contribution in [2.24, 2.45) is 0 Å². The Labute approximate surface area is 143 Å². The highest BCUT2D eigenvalue weighted by molar-refractivity contribution is 5.40. The molecule has 0 fully saturated rings. The Morgan fingerprint density at radius 1 is 0.833 bits per heavy atom. The van der Waals surface area contributed by atoms with Crippen molar-refractivity contribution in [2.45, 2.75) is 19.9 Å². The van der Waals surface area contributed by atoms with E-state index in [-0.39, 0.29) is 0 Å². The van der Waals surface area contributed by atoms with Gasteiger partial charge in [0.25, 0.3) is 0 Å². The Hall–Kier alpha value is -2.88. The molecule has 0 unspecified atom stereocenters. The zero-order valence-corrected chi connectivity index (χ0v) is 13.9. The minimum Gasteiger partial charge on any atom is -0.370 e. The van der Waals surface area contributed by atoms with Crippen molar-refractivity contribution in [1.82, 2.24) is 9.97 Å². The quantitative estimate of drug-likeness (QED) is 0.690. The van der Waals surface area contributed by atoms with Crippen LogP contribution in [-0.4, -0.2) is 16.5 Å². The predicted octanol–water partition coefficient (Wildman–Crippen LogP) is 4.05. The van der Waals surface area contributed by atoms with Crippen molar-refractivity contribution in [1.29, 1.82) is 0 Å². The molecule has 3 aromatic rings. The molecule has 0 amide bonds. The van der Waals surface area contributed by atoms with E-state index in [4.69, 9.17) is 0 Å². The lowest BCUT2D eigenvalue weighted by Gasteiger charge is -2.09. The van der Waals surface area contributed by atoms with Crippen molar-refractivity contribution < 1.29 is 0 Å². The number of nitrogens with zero attached hydrogens (tertiary/aromatic N) is 2. The molecule has 2 aromatic carbocycles. The summed E-state index contributed by atoms with van der Waals surface area (Å²) in [6.45, 7) is 3.65. The molecular weight excluding hydrogens is 296 g/mol. The van der Waals surface area contributed by atoms with Crippen molar-refractivity contribution in [2.75, 3.05) is 17.2 Å². The first kappa shape index (κ1) is 16.0. The minimum atomic E-state index is 0.639. The summed E-state index contributed by atoms with van der Waals surface area (Å²) >= 11 is 0. The molecule has 24 heavy (non-hydrogen) atoms. The van der Waals surface area contributed by atoms with Crippen LogP contribution in [-0.2, 0) is 13.0 Å². The highest BCUT2D eigenvalue weighted by Gasteiger charge is 2.00. The SMILES string of the molecule is Cc1ccc(CNc2nccc(NCCc3ccccc3)n2)cc1. The number of nitrogens with one attached hydrogen (secondary N) is 2. The summed E-state index contributed by atoms with van der Waals surface area (Å²) in [5.74, 6) is 1.48. The molecule has 0 aliphatic rings. The summed E-state index contributed by atoms with van der Waals surface area (Å²) in [4.78, 5) is 8.78. The smallest absolute Gasteiger partial charge is 0.224 e. The molecule has 0 atom stereocenters. The van der Waals surface area contributed by atoms with Crippen molar-refractivity contribution in [3.05, 3.63) is 83.6 Å². The molecule has 4 nitrogen and oxygen atoms in total. The fourth-order valence-electron chi connectivity index (χ4n) is 2.41. The van der Waals surface area contributed by atoms with E-state index in [1.54, 1.807) is 6.20 Å². The average Bonchev–Trinajstić information content (AvgIpc) is 2.63. The number of anilines is 2. The second-order valence-corrected chi connectivity index (χ2v) is 5.77. The second kappa shape index (κ2) is 8.11. The number of hydrogen-bond donors (Lipinski definition) is 2. The van der Waals surface area contributed by atoms with Gasteiger partial charge < -0.3 is 10.6 Å². The molecule has 0 radical (unpaired) electrons. The van der Waals surface area contributed by atoms with Crippen molar-refractivity contribution >= 4 is 11.8 Å². The van der Waals surface area contributed by atoms with Crippen LogP contribution < -0.4 is 10.6 Å². The Bertz CT molecular complexity index is 754. The largest absolute Gasteiger partial charge is 0.370 e. The first-order valence-corrected chi connectivity index (χ1v) is 8.20. The lowest BCUT2D eigenvalue weighted by Crippen LogP contribution is -2.09. The fourth-order valence-corrected chi connectivity index (χ4v) is 2.41. The van der Waals surface area contributed by atoms with Crippen LogP contribution in [0.3, 0.4) is 0 Å². The van der Waals surface area contributed by atoms with Crippen LogP contribution in [0, 0.1) is 6.92 Å². The molecule has 122 valence electrons. The van der Waals surface area contributed by atoms with Crippen LogP contribution in [0.5, 0.6) is 0 Å². The van der Waals surface area contributed by atoms with Crippen LogP contribution in [0.2, 0.25) is 0 Å². The Kier molecular flexibility index (Phi) is 5.40. The third-order valence-corrected chi connectivity index (χ3v) is 3.79. The molecule has 0 bridgehead atoms. The molecular formula is C20H22N4. The molecule has 0 aliphatic heterocycles. The van der Waals surface area contributed by atoms with E-state index in [2.05, 4.69) is 76.1 Å². The zero-order chi connectivity index (χ0) is 16.6. The van der Waals surface area contributed by atoms with Gasteiger partial charge in [0.2, 0.25) is 5.95 Å². The van der Waals surface area contributed by atoms with Gasteiger partial charge in [0.15, 0.2) is 0 Å². The number of rotatable bonds is 7. The van der Waals surface area contributed by atoms with E-state index in [9.17, 15) is 0 Å². The van der Waals surface area contributed by atoms with Gasteiger partial charge in [-0.05, 0) is 30.5 Å². The van der Waals surface area contributed by atoms with Gasteiger partial charge >= 0.3 is 0 Å². The van der Waals surface area contributed by atoms with Gasteiger partial charge in [-0.15, -0.1) is 0 Å². The normalized spacial score (nSPS) is 10.4. The van der Waals surface area contributed by atoms with Gasteiger partial charge in [-0.2, -0.15) is 4.98 Å². The molecule has 1 heterocycles. The van der Waals surface area contributed by atoms with E-state index >= 15 is 0 Å². The molecule has 1 aromatic heterocycles. The number of hydrogen-bond acceptors (Lipinski definition) is 4. The highest BCUT2D eigenvalue weighted by Crippen LogP contribution is 2.09. The van der Waals surface area contributed by atoms with Gasteiger partial charge in [0, 0.05) is 19.3 Å². The lowest BCUT2D eigenvalue weighted by molar-refractivity contribution is 0.991. The maximum atomic E-state index is 4.50. The summed E-state index contributed by atoms with van der Waals surface area (Å²) < 4.78 is 0. The van der Waals surface area contributed by atoms with Crippen molar-refractivity contribution in [3.8, 4) is 0 Å². The molecule has 0 saturated heterocycles. The van der Waals surface area contributed by atoms with Crippen LogP contribution in [0.1, 0.15) is 16.7 Å². The molecule has 2 N–H and O–H groups in total. The first-order valence-electron chi connectivity index (χ1n) is 8.20. The van der Waals surface area contributed by atoms with Gasteiger partial charge in [-0.25, -0.2) is 4.98 Å². The third kappa shape index (κ3) is 4.81. The van der Waals surface area contributed by atoms with Gasteiger partial charge in [-0.1, -0.05) is 60.2 Å². The van der Waals surface area contributed by atoms with E-state index in [0.717, 1.165) is 18.8 Å². The molecule has 4 heteroatoms. The summed E-state index contributed by atoms with van der Waals surface area (Å²) in [5.41, 5.74) is 3.79. The number of aromatic nitrogens is 2. The molecule has 3 rings (SSSR count). The van der Waals surface area contributed by atoms with Crippen LogP contribution in [0.25, 0.3) is 0 Å². The minimum absolute atomic E-state index is 0.639. The summed E-state index contributed by atoms with van der Waals surface area (Å²) in [6, 6.07) is 20.8. The Morgan fingerprint density at radius 2 is 1.62 bits per heavy atom. The Balaban J connectivity index is 1.51. The number of aryl methyl sites for hydroxylation is 1. The number of benzene rings is 2. The summed E-state index contributed by atoms with van der Waals surface area (Å²) in [7, 11) is 0.